The highest BCUT2D eigenvalue weighted by Crippen LogP contribution is 2.18. The van der Waals surface area contributed by atoms with Gasteiger partial charge in [-0.05, 0) is 36.2 Å². The van der Waals surface area contributed by atoms with E-state index in [0.717, 1.165) is 16.9 Å². The van der Waals surface area contributed by atoms with E-state index in [1.807, 2.05) is 43.3 Å². The summed E-state index contributed by atoms with van der Waals surface area (Å²) < 4.78 is 5.73. The maximum atomic E-state index is 12.0. The van der Waals surface area contributed by atoms with Crippen molar-refractivity contribution in [2.45, 2.75) is 25.2 Å². The van der Waals surface area contributed by atoms with Gasteiger partial charge in [0.1, 0.15) is 12.4 Å². The molecule has 0 bridgehead atoms. The summed E-state index contributed by atoms with van der Waals surface area (Å²) in [5.74, 6) is 1.58. The van der Waals surface area contributed by atoms with Gasteiger partial charge >= 0.3 is 0 Å². The predicted molar refractivity (Wildman–Crippen MR) is 106 cm³/mol. The molecule has 3 aromatic rings. The number of benzene rings is 2. The van der Waals surface area contributed by atoms with Gasteiger partial charge in [-0.3, -0.25) is 9.89 Å². The molecule has 0 spiro atoms. The normalized spacial score (nSPS) is 10.6. The topological polar surface area (TPSA) is 79.9 Å². The number of thioether (sulfide) groups is 1. The molecule has 0 aliphatic heterocycles. The molecule has 1 aromatic heterocycles. The first kappa shape index (κ1) is 19.3. The standard InChI is InChI=1S/C19H19ClN4O2S/c1-13-4-2-3-5-16(13)26-11-17-22-19(24-23-17)27-12-18(25)21-10-14-6-8-15(20)9-7-14/h2-9H,10-12H2,1H3,(H,21,25)(H,22,23,24). The molecule has 0 saturated heterocycles. The molecule has 0 saturated carbocycles. The van der Waals surface area contributed by atoms with Crippen LogP contribution in [0, 0.1) is 6.92 Å². The molecule has 0 aliphatic rings. The number of aromatic amines is 1. The van der Waals surface area contributed by atoms with E-state index in [1.54, 1.807) is 12.1 Å². The second kappa shape index (κ2) is 9.43. The zero-order chi connectivity index (χ0) is 19.1. The lowest BCUT2D eigenvalue weighted by molar-refractivity contribution is -0.118. The number of carbonyl (C=O) groups excluding carboxylic acids is 1. The van der Waals surface area contributed by atoms with Crippen LogP contribution in [0.25, 0.3) is 0 Å². The quantitative estimate of drug-likeness (QED) is 0.561. The van der Waals surface area contributed by atoms with Crippen molar-refractivity contribution in [1.29, 1.82) is 0 Å². The molecule has 8 heteroatoms. The Hall–Kier alpha value is -2.51. The molecular weight excluding hydrogens is 384 g/mol. The summed E-state index contributed by atoms with van der Waals surface area (Å²) in [5, 5.41) is 11.0. The molecule has 0 fully saturated rings. The van der Waals surface area contributed by atoms with Gasteiger partial charge in [-0.15, -0.1) is 5.10 Å². The van der Waals surface area contributed by atoms with Crippen LogP contribution in [-0.2, 0) is 17.9 Å². The fourth-order valence-corrected chi connectivity index (χ4v) is 3.03. The van der Waals surface area contributed by atoms with Gasteiger partial charge in [0.05, 0.1) is 5.75 Å². The van der Waals surface area contributed by atoms with E-state index in [-0.39, 0.29) is 11.7 Å². The average Bonchev–Trinajstić information content (AvgIpc) is 3.13. The predicted octanol–water partition coefficient (Wildman–Crippen LogP) is 3.75. The van der Waals surface area contributed by atoms with Gasteiger partial charge in [0.15, 0.2) is 5.82 Å². The summed E-state index contributed by atoms with van der Waals surface area (Å²) in [7, 11) is 0. The molecule has 0 atom stereocenters. The van der Waals surface area contributed by atoms with Gasteiger partial charge < -0.3 is 10.1 Å². The fraction of sp³-hybridized carbons (Fsp3) is 0.211. The molecule has 3 rings (SSSR count). The number of amides is 1. The van der Waals surface area contributed by atoms with E-state index in [2.05, 4.69) is 20.5 Å². The minimum atomic E-state index is -0.0857. The lowest BCUT2D eigenvalue weighted by atomic mass is 10.2. The van der Waals surface area contributed by atoms with Crippen molar-refractivity contribution in [1.82, 2.24) is 20.5 Å². The Labute approximate surface area is 166 Å². The zero-order valence-electron chi connectivity index (χ0n) is 14.7. The van der Waals surface area contributed by atoms with Crippen molar-refractivity contribution in [2.75, 3.05) is 5.75 Å². The van der Waals surface area contributed by atoms with Crippen LogP contribution in [0.15, 0.2) is 53.7 Å². The van der Waals surface area contributed by atoms with Crippen LogP contribution in [0.3, 0.4) is 0 Å². The van der Waals surface area contributed by atoms with Crippen LogP contribution in [-0.4, -0.2) is 26.8 Å². The average molecular weight is 403 g/mol. The van der Waals surface area contributed by atoms with Crippen LogP contribution in [0.4, 0.5) is 0 Å². The largest absolute Gasteiger partial charge is 0.485 e. The molecule has 2 N–H and O–H groups in total. The number of hydrogen-bond donors (Lipinski definition) is 2. The number of aromatic nitrogens is 3. The first-order chi connectivity index (χ1) is 13.1. The van der Waals surface area contributed by atoms with Gasteiger partial charge in [0.2, 0.25) is 11.1 Å². The number of nitrogens with one attached hydrogen (secondary N) is 2. The molecule has 2 aromatic carbocycles. The molecule has 27 heavy (non-hydrogen) atoms. The highest BCUT2D eigenvalue weighted by Gasteiger charge is 2.09. The van der Waals surface area contributed by atoms with E-state index >= 15 is 0 Å². The smallest absolute Gasteiger partial charge is 0.230 e. The summed E-state index contributed by atoms with van der Waals surface area (Å²) in [6.45, 7) is 2.74. The Morgan fingerprint density at radius 1 is 1.22 bits per heavy atom. The molecular formula is C19H19ClN4O2S. The minimum Gasteiger partial charge on any atom is -0.485 e. The number of ether oxygens (including phenoxy) is 1. The Kier molecular flexibility index (Phi) is 6.73. The monoisotopic (exact) mass is 402 g/mol. The van der Waals surface area contributed by atoms with Crippen LogP contribution in [0.1, 0.15) is 17.0 Å². The van der Waals surface area contributed by atoms with Crippen molar-refractivity contribution < 1.29 is 9.53 Å². The van der Waals surface area contributed by atoms with Crippen LogP contribution >= 0.6 is 23.4 Å². The number of nitrogens with zero attached hydrogens (tertiary/aromatic N) is 2. The van der Waals surface area contributed by atoms with Gasteiger partial charge in [-0.2, -0.15) is 0 Å². The lowest BCUT2D eigenvalue weighted by Gasteiger charge is -2.06. The van der Waals surface area contributed by atoms with E-state index in [0.29, 0.717) is 29.2 Å². The Balaban J connectivity index is 1.41. The molecule has 0 unspecified atom stereocenters. The van der Waals surface area contributed by atoms with Crippen molar-refractivity contribution in [3.05, 3.63) is 70.5 Å². The van der Waals surface area contributed by atoms with Crippen LogP contribution in [0.2, 0.25) is 5.02 Å². The number of H-pyrrole nitrogens is 1. The van der Waals surface area contributed by atoms with E-state index in [1.165, 1.54) is 11.8 Å². The summed E-state index contributed by atoms with van der Waals surface area (Å²) in [4.78, 5) is 16.3. The van der Waals surface area contributed by atoms with Gasteiger partial charge in [-0.25, -0.2) is 4.98 Å². The van der Waals surface area contributed by atoms with Crippen LogP contribution < -0.4 is 10.1 Å². The summed E-state index contributed by atoms with van der Waals surface area (Å²) in [5.41, 5.74) is 2.05. The molecule has 0 radical (unpaired) electrons. The van der Waals surface area contributed by atoms with Gasteiger partial charge in [0, 0.05) is 11.6 Å². The number of carbonyl (C=O) groups is 1. The maximum absolute atomic E-state index is 12.0. The van der Waals surface area contributed by atoms with E-state index in [4.69, 9.17) is 16.3 Å². The molecule has 0 aliphatic carbocycles. The number of halogens is 1. The van der Waals surface area contributed by atoms with Gasteiger partial charge in [0.25, 0.3) is 0 Å². The Morgan fingerprint density at radius 3 is 2.78 bits per heavy atom. The summed E-state index contributed by atoms with van der Waals surface area (Å²) in [6, 6.07) is 15.1. The molecule has 1 heterocycles. The van der Waals surface area contributed by atoms with Crippen molar-refractivity contribution in [3.63, 3.8) is 0 Å². The second-order valence-corrected chi connectivity index (χ2v) is 7.19. The van der Waals surface area contributed by atoms with Crippen molar-refractivity contribution in [2.24, 2.45) is 0 Å². The third kappa shape index (κ3) is 6.01. The van der Waals surface area contributed by atoms with Gasteiger partial charge in [-0.1, -0.05) is 53.7 Å². The van der Waals surface area contributed by atoms with E-state index in [9.17, 15) is 4.79 Å². The SMILES string of the molecule is Cc1ccccc1OCc1nc(SCC(=O)NCc2ccc(Cl)cc2)n[nH]1. The van der Waals surface area contributed by atoms with Crippen molar-refractivity contribution in [3.8, 4) is 5.75 Å². The molecule has 6 nitrogen and oxygen atoms in total. The minimum absolute atomic E-state index is 0.0857. The first-order valence-electron chi connectivity index (χ1n) is 8.34. The highest BCUT2D eigenvalue weighted by atomic mass is 35.5. The number of rotatable bonds is 8. The second-order valence-electron chi connectivity index (χ2n) is 5.81. The summed E-state index contributed by atoms with van der Waals surface area (Å²) in [6.07, 6.45) is 0. The zero-order valence-corrected chi connectivity index (χ0v) is 16.3. The molecule has 1 amide bonds. The third-order valence-electron chi connectivity index (χ3n) is 3.70. The maximum Gasteiger partial charge on any atom is 0.230 e. The highest BCUT2D eigenvalue weighted by molar-refractivity contribution is 7.99. The number of aryl methyl sites for hydroxylation is 1. The Bertz CT molecular complexity index is 899. The third-order valence-corrected chi connectivity index (χ3v) is 4.80. The number of hydrogen-bond acceptors (Lipinski definition) is 5. The molecule has 140 valence electrons. The van der Waals surface area contributed by atoms with Crippen molar-refractivity contribution >= 4 is 29.3 Å². The summed E-state index contributed by atoms with van der Waals surface area (Å²) >= 11 is 7.11. The Morgan fingerprint density at radius 2 is 2.00 bits per heavy atom. The number of para-hydroxylation sites is 1. The van der Waals surface area contributed by atoms with Crippen LogP contribution in [0.5, 0.6) is 5.75 Å². The van der Waals surface area contributed by atoms with E-state index < -0.39 is 0 Å². The first-order valence-corrected chi connectivity index (χ1v) is 9.70. The lowest BCUT2D eigenvalue weighted by Crippen LogP contribution is -2.24. The fourth-order valence-electron chi connectivity index (χ4n) is 2.26.